The summed E-state index contributed by atoms with van der Waals surface area (Å²) in [5.41, 5.74) is 0.769. The highest BCUT2D eigenvalue weighted by Gasteiger charge is 2.35. The topological polar surface area (TPSA) is 52.5 Å². The van der Waals surface area contributed by atoms with E-state index in [1.807, 2.05) is 12.1 Å². The molecule has 1 aliphatic rings. The van der Waals surface area contributed by atoms with E-state index in [4.69, 9.17) is 0 Å². The van der Waals surface area contributed by atoms with Crippen molar-refractivity contribution >= 4 is 21.7 Å². The average molecular weight is 377 g/mol. The molecule has 1 N–H and O–H groups in total. The molecule has 1 saturated heterocycles. The van der Waals surface area contributed by atoms with Crippen LogP contribution >= 0.6 is 15.9 Å². The normalized spacial score (nSPS) is 18.7. The number of hydrogen-bond acceptors (Lipinski definition) is 5. The summed E-state index contributed by atoms with van der Waals surface area (Å²) >= 11 is 3.47. The Morgan fingerprint density at radius 3 is 2.39 bits per heavy atom. The van der Waals surface area contributed by atoms with Crippen LogP contribution in [0.4, 0.5) is 5.82 Å². The molecule has 1 aliphatic heterocycles. The Bertz CT molecular complexity index is 629. The number of rotatable bonds is 4. The summed E-state index contributed by atoms with van der Waals surface area (Å²) in [6.07, 6.45) is 5.22. The molecule has 0 aliphatic carbocycles. The van der Waals surface area contributed by atoms with Crippen molar-refractivity contribution in [2.75, 3.05) is 37.7 Å². The molecule has 2 aromatic rings. The van der Waals surface area contributed by atoms with Crippen molar-refractivity contribution in [2.45, 2.75) is 12.5 Å². The third-order valence-electron chi connectivity index (χ3n) is 4.63. The number of aliphatic hydroxyl groups is 1. The van der Waals surface area contributed by atoms with Crippen LogP contribution in [0.15, 0.2) is 47.3 Å². The predicted molar refractivity (Wildman–Crippen MR) is 94.4 cm³/mol. The van der Waals surface area contributed by atoms with Crippen molar-refractivity contribution in [1.29, 1.82) is 0 Å². The largest absolute Gasteiger partial charge is 0.394 e. The summed E-state index contributed by atoms with van der Waals surface area (Å²) in [6, 6.07) is 8.21. The highest BCUT2D eigenvalue weighted by molar-refractivity contribution is 9.10. The second-order valence-electron chi connectivity index (χ2n) is 5.98. The van der Waals surface area contributed by atoms with Crippen molar-refractivity contribution < 1.29 is 5.11 Å². The second kappa shape index (κ2) is 6.95. The zero-order valence-electron chi connectivity index (χ0n) is 13.2. The first kappa shape index (κ1) is 16.4. The molecule has 1 atom stereocenters. The number of benzene rings is 1. The van der Waals surface area contributed by atoms with Crippen LogP contribution < -0.4 is 4.90 Å². The molecule has 2 heterocycles. The monoisotopic (exact) mass is 376 g/mol. The van der Waals surface area contributed by atoms with E-state index in [0.29, 0.717) is 0 Å². The van der Waals surface area contributed by atoms with Crippen molar-refractivity contribution in [2.24, 2.45) is 0 Å². The SMILES string of the molecule is CC(CO)(c1ccc(Br)cc1)N1CCN(c2cnccn2)CC1. The van der Waals surface area contributed by atoms with Crippen molar-refractivity contribution in [3.63, 3.8) is 0 Å². The molecule has 1 unspecified atom stereocenters. The van der Waals surface area contributed by atoms with Gasteiger partial charge in [0.25, 0.3) is 0 Å². The minimum atomic E-state index is -0.366. The van der Waals surface area contributed by atoms with Gasteiger partial charge in [0.1, 0.15) is 5.82 Å². The van der Waals surface area contributed by atoms with Gasteiger partial charge in [-0.15, -0.1) is 0 Å². The average Bonchev–Trinajstić information content (AvgIpc) is 2.62. The molecule has 122 valence electrons. The zero-order valence-corrected chi connectivity index (χ0v) is 14.8. The van der Waals surface area contributed by atoms with Crippen molar-refractivity contribution in [1.82, 2.24) is 14.9 Å². The molecular weight excluding hydrogens is 356 g/mol. The quantitative estimate of drug-likeness (QED) is 0.886. The maximum Gasteiger partial charge on any atom is 0.147 e. The molecule has 0 bridgehead atoms. The Morgan fingerprint density at radius 2 is 1.83 bits per heavy atom. The van der Waals surface area contributed by atoms with E-state index in [1.165, 1.54) is 0 Å². The van der Waals surface area contributed by atoms with E-state index in [1.54, 1.807) is 18.6 Å². The summed E-state index contributed by atoms with van der Waals surface area (Å²) in [6.45, 7) is 5.72. The lowest BCUT2D eigenvalue weighted by Crippen LogP contribution is -2.56. The minimum Gasteiger partial charge on any atom is -0.394 e. The number of aromatic nitrogens is 2. The van der Waals surface area contributed by atoms with E-state index in [2.05, 4.69) is 54.8 Å². The highest BCUT2D eigenvalue weighted by Crippen LogP contribution is 2.30. The van der Waals surface area contributed by atoms with Gasteiger partial charge in [0.05, 0.1) is 18.3 Å². The predicted octanol–water partition coefficient (Wildman–Crippen LogP) is 2.27. The minimum absolute atomic E-state index is 0.0970. The van der Waals surface area contributed by atoms with Crippen molar-refractivity contribution in [3.05, 3.63) is 52.9 Å². The summed E-state index contributed by atoms with van der Waals surface area (Å²) in [7, 11) is 0. The van der Waals surface area contributed by atoms with E-state index in [9.17, 15) is 5.11 Å². The smallest absolute Gasteiger partial charge is 0.147 e. The molecule has 5 nitrogen and oxygen atoms in total. The van der Waals surface area contributed by atoms with E-state index >= 15 is 0 Å². The van der Waals surface area contributed by atoms with Crippen LogP contribution in [-0.2, 0) is 5.54 Å². The Hall–Kier alpha value is -1.50. The number of halogens is 1. The van der Waals surface area contributed by atoms with Crippen molar-refractivity contribution in [3.8, 4) is 0 Å². The Balaban J connectivity index is 1.73. The molecule has 3 rings (SSSR count). The third kappa shape index (κ3) is 3.39. The lowest BCUT2D eigenvalue weighted by Gasteiger charge is -2.45. The number of anilines is 1. The lowest BCUT2D eigenvalue weighted by atomic mass is 9.90. The highest BCUT2D eigenvalue weighted by atomic mass is 79.9. The van der Waals surface area contributed by atoms with Gasteiger partial charge in [-0.1, -0.05) is 28.1 Å². The fourth-order valence-electron chi connectivity index (χ4n) is 3.07. The molecule has 1 fully saturated rings. The maximum atomic E-state index is 10.1. The number of nitrogens with zero attached hydrogens (tertiary/aromatic N) is 4. The fourth-order valence-corrected chi connectivity index (χ4v) is 3.33. The van der Waals surface area contributed by atoms with Gasteiger partial charge in [0, 0.05) is 43.0 Å². The molecule has 1 aromatic carbocycles. The van der Waals surface area contributed by atoms with E-state index in [-0.39, 0.29) is 12.1 Å². The van der Waals surface area contributed by atoms with Gasteiger partial charge < -0.3 is 10.0 Å². The Morgan fingerprint density at radius 1 is 1.13 bits per heavy atom. The first-order valence-electron chi connectivity index (χ1n) is 7.76. The molecular formula is C17H21BrN4O. The van der Waals surface area contributed by atoms with Crippen LogP contribution in [0.3, 0.4) is 0 Å². The lowest BCUT2D eigenvalue weighted by molar-refractivity contribution is 0.0357. The molecule has 0 radical (unpaired) electrons. The van der Waals surface area contributed by atoms with Gasteiger partial charge in [-0.3, -0.25) is 9.88 Å². The maximum absolute atomic E-state index is 10.1. The first-order valence-corrected chi connectivity index (χ1v) is 8.56. The molecule has 0 amide bonds. The fraction of sp³-hybridized carbons (Fsp3) is 0.412. The standard InChI is InChI=1S/C17H21BrN4O/c1-17(13-23,14-2-4-15(18)5-3-14)22-10-8-21(9-11-22)16-12-19-6-7-20-16/h2-7,12,23H,8-11,13H2,1H3. The van der Waals surface area contributed by atoms with Crippen LogP contribution in [0.1, 0.15) is 12.5 Å². The number of aliphatic hydroxyl groups excluding tert-OH is 1. The second-order valence-corrected chi connectivity index (χ2v) is 6.89. The molecule has 6 heteroatoms. The molecule has 0 saturated carbocycles. The molecule has 23 heavy (non-hydrogen) atoms. The van der Waals surface area contributed by atoms with E-state index in [0.717, 1.165) is 42.0 Å². The van der Waals surface area contributed by atoms with Gasteiger partial charge in [-0.05, 0) is 24.6 Å². The van der Waals surface area contributed by atoms with Gasteiger partial charge in [0.15, 0.2) is 0 Å². The van der Waals surface area contributed by atoms with Gasteiger partial charge in [0.2, 0.25) is 0 Å². The first-order chi connectivity index (χ1) is 11.1. The number of hydrogen-bond donors (Lipinski definition) is 1. The Kier molecular flexibility index (Phi) is 4.94. The van der Waals surface area contributed by atoms with Crippen LogP contribution in [-0.4, -0.2) is 52.8 Å². The molecule has 1 aromatic heterocycles. The molecule has 0 spiro atoms. The van der Waals surface area contributed by atoms with Gasteiger partial charge in [-0.2, -0.15) is 0 Å². The van der Waals surface area contributed by atoms with E-state index < -0.39 is 0 Å². The van der Waals surface area contributed by atoms with Crippen LogP contribution in [0.5, 0.6) is 0 Å². The summed E-state index contributed by atoms with van der Waals surface area (Å²) in [5.74, 6) is 0.918. The van der Waals surface area contributed by atoms with Crippen LogP contribution in [0, 0.1) is 0 Å². The summed E-state index contributed by atoms with van der Waals surface area (Å²) in [5, 5.41) is 10.1. The van der Waals surface area contributed by atoms with Crippen LogP contribution in [0.25, 0.3) is 0 Å². The summed E-state index contributed by atoms with van der Waals surface area (Å²) < 4.78 is 1.05. The third-order valence-corrected chi connectivity index (χ3v) is 5.15. The van der Waals surface area contributed by atoms with Gasteiger partial charge in [-0.25, -0.2) is 4.98 Å². The van der Waals surface area contributed by atoms with Gasteiger partial charge >= 0.3 is 0 Å². The number of piperazine rings is 1. The summed E-state index contributed by atoms with van der Waals surface area (Å²) in [4.78, 5) is 13.1. The van der Waals surface area contributed by atoms with Crippen LogP contribution in [0.2, 0.25) is 0 Å². The zero-order chi connectivity index (χ0) is 16.3. The Labute approximate surface area is 145 Å².